The van der Waals surface area contributed by atoms with Crippen LogP contribution in [0.2, 0.25) is 0 Å². The van der Waals surface area contributed by atoms with Gasteiger partial charge in [-0.1, -0.05) is 15.9 Å². The highest BCUT2D eigenvalue weighted by molar-refractivity contribution is 9.10. The fourth-order valence-corrected chi connectivity index (χ4v) is 2.12. The smallest absolute Gasteiger partial charge is 0.0649 e. The summed E-state index contributed by atoms with van der Waals surface area (Å²) in [4.78, 5) is 0. The lowest BCUT2D eigenvalue weighted by Crippen LogP contribution is -2.18. The summed E-state index contributed by atoms with van der Waals surface area (Å²) in [6, 6.07) is 8.14. The van der Waals surface area contributed by atoms with Gasteiger partial charge < -0.3 is 10.1 Å². The molecule has 0 saturated carbocycles. The molecule has 0 radical (unpaired) electrons. The Bertz CT molecular complexity index is 522. The van der Waals surface area contributed by atoms with E-state index in [1.54, 1.807) is 7.11 Å². The fourth-order valence-electron chi connectivity index (χ4n) is 1.86. The summed E-state index contributed by atoms with van der Waals surface area (Å²) >= 11 is 3.44. The number of ether oxygens (including phenoxy) is 1. The van der Waals surface area contributed by atoms with E-state index in [4.69, 9.17) is 4.74 Å². The number of halogens is 1. The molecule has 0 fully saturated rings. The molecule has 1 aromatic heterocycles. The van der Waals surface area contributed by atoms with Crippen molar-refractivity contribution in [3.63, 3.8) is 0 Å². The van der Waals surface area contributed by atoms with E-state index in [9.17, 15) is 0 Å². The van der Waals surface area contributed by atoms with Gasteiger partial charge in [-0.05, 0) is 31.2 Å². The Kier molecular flexibility index (Phi) is 5.13. The summed E-state index contributed by atoms with van der Waals surface area (Å²) in [6.45, 7) is 4.47. The zero-order valence-electron chi connectivity index (χ0n) is 11.2. The Hall–Kier alpha value is -1.17. The number of nitrogens with zero attached hydrogens (tertiary/aromatic N) is 2. The second-order valence-corrected chi connectivity index (χ2v) is 5.23. The average Bonchev–Trinajstić information content (AvgIpc) is 2.77. The molecule has 19 heavy (non-hydrogen) atoms. The Morgan fingerprint density at radius 3 is 2.74 bits per heavy atom. The summed E-state index contributed by atoms with van der Waals surface area (Å²) in [5.41, 5.74) is 3.44. The second kappa shape index (κ2) is 6.84. The Morgan fingerprint density at radius 1 is 1.32 bits per heavy atom. The van der Waals surface area contributed by atoms with Crippen molar-refractivity contribution in [1.29, 1.82) is 0 Å². The van der Waals surface area contributed by atoms with Crippen LogP contribution < -0.4 is 5.32 Å². The molecule has 0 aliphatic rings. The number of hydrogen-bond acceptors (Lipinski definition) is 3. The summed E-state index contributed by atoms with van der Waals surface area (Å²) in [6.07, 6.45) is 1.91. The highest BCUT2D eigenvalue weighted by Crippen LogP contribution is 2.17. The first kappa shape index (κ1) is 14.2. The summed E-state index contributed by atoms with van der Waals surface area (Å²) in [5, 5.41) is 7.78. The molecular weight excluding hydrogens is 306 g/mol. The fraction of sp³-hybridized carbons (Fsp3) is 0.357. The predicted molar refractivity (Wildman–Crippen MR) is 79.6 cm³/mol. The van der Waals surface area contributed by atoms with Crippen LogP contribution in [0.4, 0.5) is 0 Å². The van der Waals surface area contributed by atoms with E-state index in [1.807, 2.05) is 35.1 Å². The molecule has 0 atom stereocenters. The Balaban J connectivity index is 2.07. The van der Waals surface area contributed by atoms with Crippen molar-refractivity contribution in [2.45, 2.75) is 13.5 Å². The maximum Gasteiger partial charge on any atom is 0.0649 e. The number of rotatable bonds is 6. The van der Waals surface area contributed by atoms with E-state index in [0.717, 1.165) is 35.6 Å². The standard InChI is InChI=1S/C14H18BrN3O/c1-11-12(9-16-7-8-19-2)10-17-18(11)14-5-3-13(15)4-6-14/h3-6,10,16H,7-9H2,1-2H3. The molecule has 1 N–H and O–H groups in total. The molecule has 0 spiro atoms. The molecule has 5 heteroatoms. The van der Waals surface area contributed by atoms with Crippen LogP contribution in [0.15, 0.2) is 34.9 Å². The van der Waals surface area contributed by atoms with Crippen LogP contribution in [0.5, 0.6) is 0 Å². The lowest BCUT2D eigenvalue weighted by atomic mass is 10.2. The summed E-state index contributed by atoms with van der Waals surface area (Å²) in [7, 11) is 1.71. The third kappa shape index (κ3) is 3.65. The molecule has 4 nitrogen and oxygen atoms in total. The van der Waals surface area contributed by atoms with E-state index >= 15 is 0 Å². The first-order valence-corrected chi connectivity index (χ1v) is 7.01. The highest BCUT2D eigenvalue weighted by atomic mass is 79.9. The molecule has 0 amide bonds. The minimum Gasteiger partial charge on any atom is -0.383 e. The van der Waals surface area contributed by atoms with Gasteiger partial charge in [0.05, 0.1) is 18.5 Å². The van der Waals surface area contributed by atoms with Gasteiger partial charge in [-0.3, -0.25) is 0 Å². The number of methoxy groups -OCH3 is 1. The van der Waals surface area contributed by atoms with Crippen molar-refractivity contribution < 1.29 is 4.74 Å². The van der Waals surface area contributed by atoms with Crippen molar-refractivity contribution >= 4 is 15.9 Å². The molecule has 2 rings (SSSR count). The SMILES string of the molecule is COCCNCc1cnn(-c2ccc(Br)cc2)c1C. The quantitative estimate of drug-likeness (QED) is 0.831. The molecule has 0 aliphatic carbocycles. The number of nitrogens with one attached hydrogen (secondary N) is 1. The average molecular weight is 324 g/mol. The zero-order chi connectivity index (χ0) is 13.7. The number of aromatic nitrogens is 2. The number of hydrogen-bond donors (Lipinski definition) is 1. The van der Waals surface area contributed by atoms with Crippen molar-refractivity contribution in [3.8, 4) is 5.69 Å². The van der Waals surface area contributed by atoms with Crippen molar-refractivity contribution in [3.05, 3.63) is 46.2 Å². The van der Waals surface area contributed by atoms with Gasteiger partial charge in [0.15, 0.2) is 0 Å². The van der Waals surface area contributed by atoms with Crippen LogP contribution in [0.3, 0.4) is 0 Å². The first-order chi connectivity index (χ1) is 9.22. The van der Waals surface area contributed by atoms with Crippen LogP contribution in [0.1, 0.15) is 11.3 Å². The topological polar surface area (TPSA) is 39.1 Å². The van der Waals surface area contributed by atoms with Crippen LogP contribution in [-0.4, -0.2) is 30.0 Å². The maximum absolute atomic E-state index is 5.01. The first-order valence-electron chi connectivity index (χ1n) is 6.21. The van der Waals surface area contributed by atoms with Gasteiger partial charge >= 0.3 is 0 Å². The van der Waals surface area contributed by atoms with Gasteiger partial charge in [-0.15, -0.1) is 0 Å². The van der Waals surface area contributed by atoms with Gasteiger partial charge in [-0.2, -0.15) is 5.10 Å². The Labute approximate surface area is 121 Å². The van der Waals surface area contributed by atoms with Gasteiger partial charge in [0.1, 0.15) is 0 Å². The minimum atomic E-state index is 0.722. The predicted octanol–water partition coefficient (Wildman–Crippen LogP) is 2.68. The lowest BCUT2D eigenvalue weighted by Gasteiger charge is -2.06. The van der Waals surface area contributed by atoms with Crippen LogP contribution >= 0.6 is 15.9 Å². The largest absolute Gasteiger partial charge is 0.383 e. The van der Waals surface area contributed by atoms with Crippen molar-refractivity contribution in [2.75, 3.05) is 20.3 Å². The van der Waals surface area contributed by atoms with Crippen molar-refractivity contribution in [1.82, 2.24) is 15.1 Å². The molecule has 2 aromatic rings. The molecule has 1 aromatic carbocycles. The van der Waals surface area contributed by atoms with Gasteiger partial charge in [0.2, 0.25) is 0 Å². The van der Waals surface area contributed by atoms with Gasteiger partial charge in [0, 0.05) is 35.9 Å². The van der Waals surface area contributed by atoms with Gasteiger partial charge in [-0.25, -0.2) is 4.68 Å². The maximum atomic E-state index is 5.01. The summed E-state index contributed by atoms with van der Waals surface area (Å²) < 4.78 is 8.04. The van der Waals surface area contributed by atoms with Crippen molar-refractivity contribution in [2.24, 2.45) is 0 Å². The van der Waals surface area contributed by atoms with Crippen LogP contribution in [-0.2, 0) is 11.3 Å². The number of benzene rings is 1. The molecular formula is C14H18BrN3O. The minimum absolute atomic E-state index is 0.722. The third-order valence-corrected chi connectivity index (χ3v) is 3.51. The lowest BCUT2D eigenvalue weighted by molar-refractivity contribution is 0.199. The van der Waals surface area contributed by atoms with E-state index in [2.05, 4.69) is 33.3 Å². The van der Waals surface area contributed by atoms with Crippen LogP contribution in [0.25, 0.3) is 5.69 Å². The van der Waals surface area contributed by atoms with E-state index in [1.165, 1.54) is 5.56 Å². The Morgan fingerprint density at radius 2 is 2.05 bits per heavy atom. The highest BCUT2D eigenvalue weighted by Gasteiger charge is 2.07. The zero-order valence-corrected chi connectivity index (χ0v) is 12.8. The van der Waals surface area contributed by atoms with E-state index in [-0.39, 0.29) is 0 Å². The summed E-state index contributed by atoms with van der Waals surface area (Å²) in [5.74, 6) is 0. The molecule has 0 bridgehead atoms. The third-order valence-electron chi connectivity index (χ3n) is 2.98. The molecule has 0 saturated heterocycles. The van der Waals surface area contributed by atoms with Crippen LogP contribution in [0, 0.1) is 6.92 Å². The van der Waals surface area contributed by atoms with E-state index in [0.29, 0.717) is 0 Å². The molecule has 0 aliphatic heterocycles. The van der Waals surface area contributed by atoms with Gasteiger partial charge in [0.25, 0.3) is 0 Å². The second-order valence-electron chi connectivity index (χ2n) is 4.31. The normalized spacial score (nSPS) is 10.9. The molecule has 1 heterocycles. The molecule has 102 valence electrons. The molecule has 0 unspecified atom stereocenters. The van der Waals surface area contributed by atoms with E-state index < -0.39 is 0 Å². The monoisotopic (exact) mass is 323 g/mol.